The normalized spacial score (nSPS) is 23.8. The number of benzene rings is 2. The Morgan fingerprint density at radius 1 is 1.00 bits per heavy atom. The topological polar surface area (TPSA) is 15.3 Å². The molecule has 0 radical (unpaired) electrons. The SMILES string of the molecule is CC1CC(Nc2ccccc2)C(C)(C)CN1CCc1ccccc1. The number of rotatable bonds is 5. The van der Waals surface area contributed by atoms with Crippen molar-refractivity contribution in [3.8, 4) is 0 Å². The molecule has 24 heavy (non-hydrogen) atoms. The molecule has 128 valence electrons. The van der Waals surface area contributed by atoms with E-state index in [0.29, 0.717) is 12.1 Å². The number of hydrogen-bond acceptors (Lipinski definition) is 2. The Labute approximate surface area is 146 Å². The summed E-state index contributed by atoms with van der Waals surface area (Å²) in [4.78, 5) is 2.66. The first-order valence-electron chi connectivity index (χ1n) is 9.14. The zero-order chi connectivity index (χ0) is 17.0. The fourth-order valence-electron chi connectivity index (χ4n) is 3.81. The van der Waals surface area contributed by atoms with Gasteiger partial charge in [0.15, 0.2) is 0 Å². The molecule has 1 aliphatic heterocycles. The summed E-state index contributed by atoms with van der Waals surface area (Å²) in [6.07, 6.45) is 2.33. The third kappa shape index (κ3) is 4.18. The van der Waals surface area contributed by atoms with Crippen molar-refractivity contribution in [2.75, 3.05) is 18.4 Å². The van der Waals surface area contributed by atoms with Gasteiger partial charge in [-0.2, -0.15) is 0 Å². The van der Waals surface area contributed by atoms with Crippen molar-refractivity contribution >= 4 is 5.69 Å². The predicted molar refractivity (Wildman–Crippen MR) is 103 cm³/mol. The van der Waals surface area contributed by atoms with Crippen molar-refractivity contribution in [2.24, 2.45) is 5.41 Å². The molecule has 0 saturated carbocycles. The van der Waals surface area contributed by atoms with Crippen LogP contribution in [-0.4, -0.2) is 30.1 Å². The summed E-state index contributed by atoms with van der Waals surface area (Å²) >= 11 is 0. The van der Waals surface area contributed by atoms with Crippen molar-refractivity contribution in [1.29, 1.82) is 0 Å². The van der Waals surface area contributed by atoms with Crippen molar-refractivity contribution in [3.05, 3.63) is 66.2 Å². The van der Waals surface area contributed by atoms with E-state index in [2.05, 4.69) is 91.7 Å². The van der Waals surface area contributed by atoms with E-state index in [1.54, 1.807) is 0 Å². The lowest BCUT2D eigenvalue weighted by molar-refractivity contribution is 0.0610. The lowest BCUT2D eigenvalue weighted by Crippen LogP contribution is -2.55. The molecule has 0 bridgehead atoms. The second kappa shape index (κ2) is 7.40. The molecular weight excluding hydrogens is 292 g/mol. The highest BCUT2D eigenvalue weighted by molar-refractivity contribution is 5.44. The fraction of sp³-hybridized carbons (Fsp3) is 0.455. The Morgan fingerprint density at radius 3 is 2.29 bits per heavy atom. The van der Waals surface area contributed by atoms with Crippen LogP contribution < -0.4 is 5.32 Å². The van der Waals surface area contributed by atoms with Crippen LogP contribution in [0.2, 0.25) is 0 Å². The second-order valence-corrected chi connectivity index (χ2v) is 7.84. The van der Waals surface area contributed by atoms with Crippen molar-refractivity contribution < 1.29 is 0 Å². The molecule has 2 aromatic carbocycles. The van der Waals surface area contributed by atoms with Gasteiger partial charge in [0.25, 0.3) is 0 Å². The Balaban J connectivity index is 1.61. The minimum Gasteiger partial charge on any atom is -0.382 e. The monoisotopic (exact) mass is 322 g/mol. The van der Waals surface area contributed by atoms with Gasteiger partial charge in [-0.3, -0.25) is 4.90 Å². The van der Waals surface area contributed by atoms with Gasteiger partial charge in [-0.25, -0.2) is 0 Å². The first-order chi connectivity index (χ1) is 11.5. The predicted octanol–water partition coefficient (Wildman–Crippen LogP) is 4.83. The summed E-state index contributed by atoms with van der Waals surface area (Å²) in [5.41, 5.74) is 2.94. The standard InChI is InChI=1S/C22H30N2/c1-18-16-21(23-20-12-8-5-9-13-20)22(2,3)17-24(18)15-14-19-10-6-4-7-11-19/h4-13,18,21,23H,14-17H2,1-3H3. The van der Waals surface area contributed by atoms with Gasteiger partial charge in [0.2, 0.25) is 0 Å². The van der Waals surface area contributed by atoms with Crippen LogP contribution in [0.15, 0.2) is 60.7 Å². The quantitative estimate of drug-likeness (QED) is 0.848. The van der Waals surface area contributed by atoms with Crippen LogP contribution in [0.25, 0.3) is 0 Å². The van der Waals surface area contributed by atoms with Crippen LogP contribution in [0.4, 0.5) is 5.69 Å². The highest BCUT2D eigenvalue weighted by atomic mass is 15.2. The van der Waals surface area contributed by atoms with Gasteiger partial charge >= 0.3 is 0 Å². The number of nitrogens with zero attached hydrogens (tertiary/aromatic N) is 1. The molecule has 2 atom stereocenters. The number of likely N-dealkylation sites (tertiary alicyclic amines) is 1. The Hall–Kier alpha value is -1.80. The molecule has 1 fully saturated rings. The highest BCUT2D eigenvalue weighted by Gasteiger charge is 2.38. The molecule has 2 aromatic rings. The average molecular weight is 322 g/mol. The highest BCUT2D eigenvalue weighted by Crippen LogP contribution is 2.34. The summed E-state index contributed by atoms with van der Waals surface area (Å²) < 4.78 is 0. The summed E-state index contributed by atoms with van der Waals surface area (Å²) in [7, 11) is 0. The Morgan fingerprint density at radius 2 is 1.62 bits per heavy atom. The lowest BCUT2D eigenvalue weighted by Gasteiger charge is -2.48. The molecular formula is C22H30N2. The van der Waals surface area contributed by atoms with Crippen molar-refractivity contribution in [1.82, 2.24) is 4.90 Å². The van der Waals surface area contributed by atoms with Crippen LogP contribution in [0.5, 0.6) is 0 Å². The van der Waals surface area contributed by atoms with E-state index < -0.39 is 0 Å². The largest absolute Gasteiger partial charge is 0.382 e. The molecule has 1 saturated heterocycles. The summed E-state index contributed by atoms with van der Waals surface area (Å²) in [5, 5.41) is 3.77. The molecule has 2 nitrogen and oxygen atoms in total. The first-order valence-corrected chi connectivity index (χ1v) is 9.14. The third-order valence-electron chi connectivity index (χ3n) is 5.40. The van der Waals surface area contributed by atoms with Crippen molar-refractivity contribution in [3.63, 3.8) is 0 Å². The van der Waals surface area contributed by atoms with Crippen LogP contribution in [-0.2, 0) is 6.42 Å². The number of nitrogens with one attached hydrogen (secondary N) is 1. The number of piperidine rings is 1. The molecule has 1 aliphatic rings. The number of para-hydroxylation sites is 1. The first kappa shape index (κ1) is 17.0. The maximum Gasteiger partial charge on any atom is 0.0342 e. The molecule has 1 heterocycles. The van der Waals surface area contributed by atoms with E-state index >= 15 is 0 Å². The third-order valence-corrected chi connectivity index (χ3v) is 5.40. The van der Waals surface area contributed by atoms with Gasteiger partial charge in [0.1, 0.15) is 0 Å². The number of anilines is 1. The molecule has 0 amide bonds. The van der Waals surface area contributed by atoms with E-state index in [1.807, 2.05) is 0 Å². The molecule has 3 rings (SSSR count). The zero-order valence-corrected chi connectivity index (χ0v) is 15.2. The number of hydrogen-bond donors (Lipinski definition) is 1. The van der Waals surface area contributed by atoms with Crippen LogP contribution in [0.3, 0.4) is 0 Å². The Bertz CT molecular complexity index is 621. The molecule has 2 heteroatoms. The maximum atomic E-state index is 3.77. The van der Waals surface area contributed by atoms with Gasteiger partial charge < -0.3 is 5.32 Å². The maximum absolute atomic E-state index is 3.77. The molecule has 2 unspecified atom stereocenters. The van der Waals surface area contributed by atoms with E-state index in [4.69, 9.17) is 0 Å². The summed E-state index contributed by atoms with van der Waals surface area (Å²) in [5.74, 6) is 0. The summed E-state index contributed by atoms with van der Waals surface area (Å²) in [6, 6.07) is 22.6. The fourth-order valence-corrected chi connectivity index (χ4v) is 3.81. The minimum absolute atomic E-state index is 0.263. The molecule has 1 N–H and O–H groups in total. The smallest absolute Gasteiger partial charge is 0.0342 e. The van der Waals surface area contributed by atoms with Gasteiger partial charge in [0, 0.05) is 30.9 Å². The molecule has 0 aliphatic carbocycles. The van der Waals surface area contributed by atoms with Gasteiger partial charge in [-0.05, 0) is 42.9 Å². The van der Waals surface area contributed by atoms with Crippen LogP contribution >= 0.6 is 0 Å². The van der Waals surface area contributed by atoms with E-state index in [0.717, 1.165) is 19.5 Å². The van der Waals surface area contributed by atoms with Crippen LogP contribution in [0.1, 0.15) is 32.8 Å². The van der Waals surface area contributed by atoms with E-state index in [9.17, 15) is 0 Å². The van der Waals surface area contributed by atoms with Gasteiger partial charge in [-0.15, -0.1) is 0 Å². The average Bonchev–Trinajstić information content (AvgIpc) is 2.59. The summed E-state index contributed by atoms with van der Waals surface area (Å²) in [6.45, 7) is 9.46. The second-order valence-electron chi connectivity index (χ2n) is 7.84. The van der Waals surface area contributed by atoms with E-state index in [-0.39, 0.29) is 5.41 Å². The van der Waals surface area contributed by atoms with E-state index in [1.165, 1.54) is 17.7 Å². The van der Waals surface area contributed by atoms with Crippen molar-refractivity contribution in [2.45, 2.75) is 45.7 Å². The molecule has 0 spiro atoms. The lowest BCUT2D eigenvalue weighted by atomic mass is 9.76. The van der Waals surface area contributed by atoms with Gasteiger partial charge in [0.05, 0.1) is 0 Å². The van der Waals surface area contributed by atoms with Crippen LogP contribution in [0, 0.1) is 5.41 Å². The molecule has 0 aromatic heterocycles. The Kier molecular flexibility index (Phi) is 5.25. The minimum atomic E-state index is 0.263. The van der Waals surface area contributed by atoms with Gasteiger partial charge in [-0.1, -0.05) is 62.4 Å². The zero-order valence-electron chi connectivity index (χ0n) is 15.2.